The third kappa shape index (κ3) is 20.5. The van der Waals surface area contributed by atoms with Gasteiger partial charge >= 0.3 is 192 Å². The molecule has 0 spiro atoms. The molecular weight excluding hydrogens is 1190 g/mol. The number of H-pyrrole nitrogens is 1. The van der Waals surface area contributed by atoms with Gasteiger partial charge in [0.05, 0.1) is 27.3 Å². The van der Waals surface area contributed by atoms with Crippen LogP contribution in [0.3, 0.4) is 0 Å². The van der Waals surface area contributed by atoms with Gasteiger partial charge in [-0.3, -0.25) is 24.0 Å². The van der Waals surface area contributed by atoms with E-state index in [1.807, 2.05) is 6.92 Å². The minimum Gasteiger partial charge on any atom is -0.352 e. The van der Waals surface area contributed by atoms with Crippen LogP contribution in [0.25, 0.3) is 10.9 Å². The summed E-state index contributed by atoms with van der Waals surface area (Å²) in [5, 5.41) is 30.0. The second kappa shape index (κ2) is 30.2. The monoisotopic (exact) mass is 1260 g/mol. The zero-order valence-corrected chi connectivity index (χ0v) is 52.6. The van der Waals surface area contributed by atoms with Gasteiger partial charge in [0.25, 0.3) is 5.91 Å². The Morgan fingerprint density at radius 2 is 1.38 bits per heavy atom. The zero-order chi connectivity index (χ0) is 58.9. The fourth-order valence-corrected chi connectivity index (χ4v) is 11.9. The zero-order valence-electron chi connectivity index (χ0n) is 45.2. The number of aromatic nitrogens is 3. The Morgan fingerprint density at radius 3 is 1.90 bits per heavy atom. The predicted octanol–water partition coefficient (Wildman–Crippen LogP) is -1.38. The van der Waals surface area contributed by atoms with E-state index in [9.17, 15) is 70.6 Å². The number of carbonyl (C=O) groups is 7. The van der Waals surface area contributed by atoms with Crippen LogP contribution in [0.1, 0.15) is 46.0 Å². The molecule has 3 amide bonds. The van der Waals surface area contributed by atoms with Crippen LogP contribution in [0.15, 0.2) is 58.6 Å². The SMILES string of the molecule is CC(=O)[C@H](CNC(=O)c1cn(CCCNC(=O)[C@H](CS(O)(O)O)NC(=O)CN2CCN(CC(=O)O)CCN(CC(=O)O)CCN(CC(=O)[O][InH2])CC2)c2cc(CNc3ncc[nH]3)ccc2c1=O)NS(=O)(=O)c1c(C)cc(C)cc1C. The average molecular weight is 1260 g/mol. The van der Waals surface area contributed by atoms with E-state index in [0.29, 0.717) is 28.2 Å². The van der Waals surface area contributed by atoms with Gasteiger partial charge in [-0.1, -0.05) is 23.8 Å². The molecule has 5 rings (SSSR count). The molecule has 11 N–H and O–H groups in total. The van der Waals surface area contributed by atoms with E-state index in [1.54, 1.807) is 74.7 Å². The van der Waals surface area contributed by atoms with Gasteiger partial charge in [-0.05, 0) is 62.9 Å². The third-order valence-electron chi connectivity index (χ3n) is 13.0. The summed E-state index contributed by atoms with van der Waals surface area (Å²) in [6, 6.07) is 5.22. The first kappa shape index (κ1) is 64.8. The minimum absolute atomic E-state index is 0.00756. The summed E-state index contributed by atoms with van der Waals surface area (Å²) < 4.78 is 66.5. The Bertz CT molecular complexity index is 3010. The molecule has 1 fully saturated rings. The van der Waals surface area contributed by atoms with Crippen LogP contribution in [0.4, 0.5) is 5.95 Å². The third-order valence-corrected chi connectivity index (χ3v) is 16.8. The number of imidazole rings is 1. The molecule has 1 saturated heterocycles. The van der Waals surface area contributed by atoms with Crippen molar-refractivity contribution in [3.8, 4) is 0 Å². The summed E-state index contributed by atoms with van der Waals surface area (Å²) in [7, 11) is -8.64. The number of aromatic amines is 1. The number of fused-ring (bicyclic) bond motifs is 1. The summed E-state index contributed by atoms with van der Waals surface area (Å²) in [6.45, 7) is 6.07. The van der Waals surface area contributed by atoms with Gasteiger partial charge < -0.3 is 44.3 Å². The summed E-state index contributed by atoms with van der Waals surface area (Å²) in [4.78, 5) is 118. The molecule has 1 aliphatic rings. The fraction of sp³-hybridized carbons (Fsp3) is 0.490. The molecule has 0 unspecified atom stereocenters. The molecule has 28 nitrogen and oxygen atoms in total. The Labute approximate surface area is 478 Å². The van der Waals surface area contributed by atoms with Crippen LogP contribution in [0, 0.1) is 20.8 Å². The second-order valence-electron chi connectivity index (χ2n) is 19.5. The van der Waals surface area contributed by atoms with Gasteiger partial charge in [0.15, 0.2) is 5.95 Å². The number of sulfonamides is 1. The van der Waals surface area contributed by atoms with Gasteiger partial charge in [0.1, 0.15) is 11.3 Å². The van der Waals surface area contributed by atoms with E-state index < -0.39 is 123 Å². The molecule has 0 saturated carbocycles. The molecule has 438 valence electrons. The largest absolute Gasteiger partial charge is 0.352 e. The maximum Gasteiger partial charge on any atom is 0.241 e. The topological polar surface area (TPSA) is 388 Å². The van der Waals surface area contributed by atoms with Crippen molar-refractivity contribution in [2.75, 3.05) is 103 Å². The van der Waals surface area contributed by atoms with Crippen molar-refractivity contribution in [3.05, 3.63) is 87.0 Å². The molecule has 4 aromatic rings. The van der Waals surface area contributed by atoms with Crippen molar-refractivity contribution < 1.29 is 68.7 Å². The molecule has 2 atom stereocenters. The first-order valence-corrected chi connectivity index (χ1v) is 30.9. The smallest absolute Gasteiger partial charge is 0.241 e. The van der Waals surface area contributed by atoms with Gasteiger partial charge in [-0.15, -0.1) is 0 Å². The number of anilines is 1. The second-order valence-corrected chi connectivity index (χ2v) is 23.9. The molecule has 31 heteroatoms. The predicted molar refractivity (Wildman–Crippen MR) is 297 cm³/mol. The number of nitrogens with zero attached hydrogens (tertiary/aromatic N) is 6. The number of benzene rings is 2. The number of rotatable bonds is 26. The average Bonchev–Trinajstić information content (AvgIpc) is 3.91. The van der Waals surface area contributed by atoms with Crippen molar-refractivity contribution in [2.24, 2.45) is 0 Å². The first-order valence-electron chi connectivity index (χ1n) is 25.4. The molecular formula is C49H71InN12O16S2. The molecule has 0 bridgehead atoms. The number of carboxylic acid groups (broad SMARTS) is 2. The van der Waals surface area contributed by atoms with Crippen LogP contribution in [-0.4, -0.2) is 242 Å². The summed E-state index contributed by atoms with van der Waals surface area (Å²) in [5.74, 6) is -6.40. The van der Waals surface area contributed by atoms with Crippen molar-refractivity contribution in [2.45, 2.75) is 64.2 Å². The van der Waals surface area contributed by atoms with Crippen LogP contribution < -0.4 is 31.4 Å². The number of carboxylic acids is 2. The molecule has 0 radical (unpaired) electrons. The van der Waals surface area contributed by atoms with E-state index in [4.69, 9.17) is 2.85 Å². The number of Topliss-reactive ketones (excluding diaryl/α,β-unsaturated/α-hetero) is 1. The van der Waals surface area contributed by atoms with E-state index in [-0.39, 0.29) is 114 Å². The first-order chi connectivity index (χ1) is 37.7. The number of hydrogen-bond donors (Lipinski definition) is 11. The van der Waals surface area contributed by atoms with Gasteiger partial charge in [0, 0.05) is 50.2 Å². The number of aryl methyl sites for hydroxylation is 4. The van der Waals surface area contributed by atoms with Crippen LogP contribution >= 0.6 is 10.9 Å². The molecule has 80 heavy (non-hydrogen) atoms. The number of aliphatic carboxylic acids is 2. The van der Waals surface area contributed by atoms with E-state index in [0.717, 1.165) is 12.5 Å². The molecule has 2 aromatic carbocycles. The maximum atomic E-state index is 14.0. The van der Waals surface area contributed by atoms with Crippen molar-refractivity contribution >= 4 is 104 Å². The van der Waals surface area contributed by atoms with Crippen molar-refractivity contribution in [3.63, 3.8) is 0 Å². The fourth-order valence-electron chi connectivity index (χ4n) is 9.11. The summed E-state index contributed by atoms with van der Waals surface area (Å²) >= 11 is -0.412. The van der Waals surface area contributed by atoms with Gasteiger partial charge in [0.2, 0.25) is 15.5 Å². The van der Waals surface area contributed by atoms with Crippen LogP contribution in [-0.2, 0) is 54.7 Å². The van der Waals surface area contributed by atoms with Gasteiger partial charge in [-0.2, -0.15) is 4.72 Å². The quantitative estimate of drug-likeness (QED) is 0.0323. The number of nitrogens with one attached hydrogen (secondary N) is 6. The van der Waals surface area contributed by atoms with Crippen LogP contribution in [0.2, 0.25) is 0 Å². The maximum absolute atomic E-state index is 14.0. The Hall–Kier alpha value is -6.00. The normalized spacial score (nSPS) is 15.6. The molecule has 0 aliphatic carbocycles. The number of ketones is 1. The van der Waals surface area contributed by atoms with E-state index >= 15 is 0 Å². The van der Waals surface area contributed by atoms with Crippen molar-refractivity contribution in [1.82, 2.24) is 54.8 Å². The number of pyridine rings is 1. The van der Waals surface area contributed by atoms with E-state index in [1.165, 1.54) is 12.3 Å². The molecule has 2 aromatic heterocycles. The molecule has 3 heterocycles. The number of carbonyl (C=O) groups excluding carboxylic acids is 5. The van der Waals surface area contributed by atoms with Crippen molar-refractivity contribution in [1.29, 1.82) is 0 Å². The van der Waals surface area contributed by atoms with E-state index in [2.05, 4.69) is 36.0 Å². The summed E-state index contributed by atoms with van der Waals surface area (Å²) in [5.41, 5.74) is 1.84. The number of amides is 3. The number of hydrogen-bond acceptors (Lipinski definition) is 20. The Kier molecular flexibility index (Phi) is 24.4. The van der Waals surface area contributed by atoms with Gasteiger partial charge in [-0.25, -0.2) is 13.4 Å². The Balaban J connectivity index is 1.32. The molecule has 1 aliphatic heterocycles. The van der Waals surface area contributed by atoms with Crippen LogP contribution in [0.5, 0.6) is 0 Å². The summed E-state index contributed by atoms with van der Waals surface area (Å²) in [6.07, 6.45) is 4.60. The standard InChI is InChI=1S/C49H70N12O16S2.In.2H/c1-31-20-32(2)46(33(3)21-31)79(76,77)56-38(34(4)62)24-53-47(71)37-25-61(40-22-35(6-7-36(40)45(37)70)23-54-49-51-9-10-52-49)11-5-8-50-48(72)39(30-78(73,74)75)55-41(63)26-57-12-14-58(27-42(64)65)16-18-60(29-44(68)69)19-17-59(15-13-57)28-43(66)67;;;/h6-7,9-10,20-22,25,38-39,56,73-75H,5,8,11-19,23-24,26-30H2,1-4H3,(H,50,72)(H,53,71)(H,55,63)(H,64,65)(H,66,67)(H,68,69)(H2,51,52,54);;;/q;+1;;/p-1/t38-,39-;;;/m0.../s1. The Morgan fingerprint density at radius 1 is 0.800 bits per heavy atom. The minimum atomic E-state index is -4.38.